The van der Waals surface area contributed by atoms with E-state index in [9.17, 15) is 4.79 Å². The molecule has 0 spiro atoms. The van der Waals surface area contributed by atoms with Crippen molar-refractivity contribution >= 4 is 11.7 Å². The Balaban J connectivity index is 1.99. The highest BCUT2D eigenvalue weighted by atomic mass is 16.5. The Morgan fingerprint density at radius 2 is 2.33 bits per heavy atom. The van der Waals surface area contributed by atoms with Gasteiger partial charge >= 0.3 is 0 Å². The van der Waals surface area contributed by atoms with Crippen molar-refractivity contribution in [1.82, 2.24) is 9.88 Å². The Morgan fingerprint density at radius 3 is 2.95 bits per heavy atom. The van der Waals surface area contributed by atoms with Gasteiger partial charge in [-0.2, -0.15) is 5.26 Å². The summed E-state index contributed by atoms with van der Waals surface area (Å²) >= 11 is 0. The molecular weight excluding hydrogens is 268 g/mol. The highest BCUT2D eigenvalue weighted by Gasteiger charge is 2.28. The Hall–Kier alpha value is -2.13. The van der Waals surface area contributed by atoms with Gasteiger partial charge in [0.05, 0.1) is 30.9 Å². The number of carbonyl (C=O) groups is 1. The molecule has 1 amide bonds. The molecule has 2 rings (SSSR count). The van der Waals surface area contributed by atoms with Crippen molar-refractivity contribution < 1.29 is 9.53 Å². The maximum atomic E-state index is 12.4. The first kappa shape index (κ1) is 15.3. The van der Waals surface area contributed by atoms with Crippen LogP contribution in [0.3, 0.4) is 0 Å². The molecule has 0 aliphatic carbocycles. The summed E-state index contributed by atoms with van der Waals surface area (Å²) in [4.78, 5) is 20.2. The summed E-state index contributed by atoms with van der Waals surface area (Å²) in [6.45, 7) is 5.41. The van der Waals surface area contributed by atoms with E-state index in [4.69, 9.17) is 10.00 Å². The van der Waals surface area contributed by atoms with E-state index in [0.29, 0.717) is 24.5 Å². The smallest absolute Gasteiger partial charge is 0.242 e. The van der Waals surface area contributed by atoms with Crippen molar-refractivity contribution in [2.45, 2.75) is 26.0 Å². The van der Waals surface area contributed by atoms with Crippen LogP contribution in [-0.2, 0) is 9.53 Å². The van der Waals surface area contributed by atoms with Crippen LogP contribution in [0.1, 0.15) is 19.4 Å². The fourth-order valence-electron chi connectivity index (χ4n) is 2.30. The molecule has 0 bridgehead atoms. The standard InChI is InChI=1S/C15H20N4O2/c1-11-10-21-12(2)8-19(11)15(20)9-18(3)14-5-4-13(6-16)7-17-14/h4-5,7,11-12H,8-10H2,1-3H3/t11-,12+/m1/s1. The Labute approximate surface area is 124 Å². The van der Waals surface area contributed by atoms with Crippen LogP contribution in [0, 0.1) is 11.3 Å². The van der Waals surface area contributed by atoms with Crippen LogP contribution >= 0.6 is 0 Å². The SMILES string of the molecule is C[C@@H]1CO[C@@H](C)CN1C(=O)CN(C)c1ccc(C#N)cn1. The van der Waals surface area contributed by atoms with Gasteiger partial charge in [-0.3, -0.25) is 4.79 Å². The first-order valence-electron chi connectivity index (χ1n) is 6.99. The summed E-state index contributed by atoms with van der Waals surface area (Å²) in [6, 6.07) is 5.56. The zero-order valence-electron chi connectivity index (χ0n) is 12.6. The predicted molar refractivity (Wildman–Crippen MR) is 78.8 cm³/mol. The molecule has 112 valence electrons. The van der Waals surface area contributed by atoms with E-state index >= 15 is 0 Å². The number of hydrogen-bond acceptors (Lipinski definition) is 5. The molecule has 0 unspecified atom stereocenters. The zero-order valence-corrected chi connectivity index (χ0v) is 12.6. The summed E-state index contributed by atoms with van der Waals surface area (Å²) in [5, 5.41) is 8.76. The van der Waals surface area contributed by atoms with Gasteiger partial charge in [-0.05, 0) is 26.0 Å². The van der Waals surface area contributed by atoms with Crippen LogP contribution in [0.4, 0.5) is 5.82 Å². The average Bonchev–Trinajstić information content (AvgIpc) is 2.49. The summed E-state index contributed by atoms with van der Waals surface area (Å²) in [7, 11) is 1.82. The molecule has 6 heteroatoms. The van der Waals surface area contributed by atoms with Crippen molar-refractivity contribution in [3.05, 3.63) is 23.9 Å². The van der Waals surface area contributed by atoms with Crippen molar-refractivity contribution in [1.29, 1.82) is 5.26 Å². The minimum atomic E-state index is 0.0614. The van der Waals surface area contributed by atoms with Gasteiger partial charge in [-0.25, -0.2) is 4.98 Å². The maximum absolute atomic E-state index is 12.4. The van der Waals surface area contributed by atoms with E-state index in [2.05, 4.69) is 4.98 Å². The number of nitriles is 1. The average molecular weight is 288 g/mol. The number of anilines is 1. The molecule has 21 heavy (non-hydrogen) atoms. The van der Waals surface area contributed by atoms with E-state index in [1.165, 1.54) is 6.20 Å². The fourth-order valence-corrected chi connectivity index (χ4v) is 2.30. The lowest BCUT2D eigenvalue weighted by Gasteiger charge is -2.37. The van der Waals surface area contributed by atoms with Gasteiger partial charge in [0.15, 0.2) is 0 Å². The molecule has 0 saturated carbocycles. The highest BCUT2D eigenvalue weighted by Crippen LogP contribution is 2.14. The monoisotopic (exact) mass is 288 g/mol. The van der Waals surface area contributed by atoms with E-state index in [0.717, 1.165) is 0 Å². The lowest BCUT2D eigenvalue weighted by molar-refractivity contribution is -0.141. The van der Waals surface area contributed by atoms with Gasteiger partial charge < -0.3 is 14.5 Å². The van der Waals surface area contributed by atoms with Crippen molar-refractivity contribution in [2.75, 3.05) is 31.6 Å². The minimum absolute atomic E-state index is 0.0614. The number of hydrogen-bond donors (Lipinski definition) is 0. The lowest BCUT2D eigenvalue weighted by Crippen LogP contribution is -2.52. The second-order valence-electron chi connectivity index (χ2n) is 5.41. The second kappa shape index (κ2) is 6.55. The Bertz CT molecular complexity index is 538. The number of morpholine rings is 1. The number of ether oxygens (including phenoxy) is 1. The van der Waals surface area contributed by atoms with E-state index in [1.54, 1.807) is 17.0 Å². The quantitative estimate of drug-likeness (QED) is 0.830. The summed E-state index contributed by atoms with van der Waals surface area (Å²) in [5.74, 6) is 0.739. The number of aromatic nitrogens is 1. The topological polar surface area (TPSA) is 69.5 Å². The zero-order chi connectivity index (χ0) is 15.4. The minimum Gasteiger partial charge on any atom is -0.375 e. The van der Waals surface area contributed by atoms with Gasteiger partial charge in [-0.15, -0.1) is 0 Å². The Morgan fingerprint density at radius 1 is 1.57 bits per heavy atom. The fraction of sp³-hybridized carbons (Fsp3) is 0.533. The molecule has 2 heterocycles. The van der Waals surface area contributed by atoms with Crippen LogP contribution in [0.5, 0.6) is 0 Å². The van der Waals surface area contributed by atoms with Crippen LogP contribution in [0.2, 0.25) is 0 Å². The third kappa shape index (κ3) is 3.70. The number of nitrogens with zero attached hydrogens (tertiary/aromatic N) is 4. The Kier molecular flexibility index (Phi) is 4.76. The molecule has 0 radical (unpaired) electrons. The normalized spacial score (nSPS) is 21.7. The maximum Gasteiger partial charge on any atom is 0.242 e. The van der Waals surface area contributed by atoms with Crippen molar-refractivity contribution in [3.63, 3.8) is 0 Å². The predicted octanol–water partition coefficient (Wildman–Crippen LogP) is 1.03. The number of carbonyl (C=O) groups excluding carboxylic acids is 1. The van der Waals surface area contributed by atoms with Crippen LogP contribution in [-0.4, -0.2) is 54.7 Å². The van der Waals surface area contributed by atoms with Crippen LogP contribution in [0.25, 0.3) is 0 Å². The van der Waals surface area contributed by atoms with Gasteiger partial charge in [0, 0.05) is 19.8 Å². The molecule has 1 aliphatic heterocycles. The third-order valence-electron chi connectivity index (χ3n) is 3.57. The largest absolute Gasteiger partial charge is 0.375 e. The summed E-state index contributed by atoms with van der Waals surface area (Å²) < 4.78 is 5.54. The summed E-state index contributed by atoms with van der Waals surface area (Å²) in [5.41, 5.74) is 0.508. The third-order valence-corrected chi connectivity index (χ3v) is 3.57. The number of amides is 1. The number of rotatable bonds is 3. The van der Waals surface area contributed by atoms with E-state index < -0.39 is 0 Å². The van der Waals surface area contributed by atoms with Crippen molar-refractivity contribution in [2.24, 2.45) is 0 Å². The molecule has 0 aromatic carbocycles. The lowest BCUT2D eigenvalue weighted by atomic mass is 10.2. The molecule has 1 aromatic rings. The molecule has 1 aliphatic rings. The van der Waals surface area contributed by atoms with Crippen LogP contribution in [0.15, 0.2) is 18.3 Å². The molecular formula is C15H20N4O2. The second-order valence-corrected chi connectivity index (χ2v) is 5.41. The number of pyridine rings is 1. The molecule has 6 nitrogen and oxygen atoms in total. The molecule has 0 N–H and O–H groups in total. The molecule has 1 fully saturated rings. The molecule has 1 aromatic heterocycles. The number of likely N-dealkylation sites (N-methyl/N-ethyl adjacent to an activating group) is 1. The van der Waals surface area contributed by atoms with Gasteiger partial charge in [0.1, 0.15) is 11.9 Å². The van der Waals surface area contributed by atoms with Gasteiger partial charge in [0.2, 0.25) is 5.91 Å². The van der Waals surface area contributed by atoms with E-state index in [-0.39, 0.29) is 24.6 Å². The highest BCUT2D eigenvalue weighted by molar-refractivity contribution is 5.81. The summed E-state index contributed by atoms with van der Waals surface area (Å²) in [6.07, 6.45) is 1.58. The molecule has 2 atom stereocenters. The van der Waals surface area contributed by atoms with Crippen molar-refractivity contribution in [3.8, 4) is 6.07 Å². The first-order chi connectivity index (χ1) is 10.0. The van der Waals surface area contributed by atoms with Gasteiger partial charge in [-0.1, -0.05) is 0 Å². The van der Waals surface area contributed by atoms with Gasteiger partial charge in [0.25, 0.3) is 0 Å². The molecule has 1 saturated heterocycles. The van der Waals surface area contributed by atoms with Crippen LogP contribution < -0.4 is 4.90 Å². The van der Waals surface area contributed by atoms with E-state index in [1.807, 2.05) is 31.9 Å². The first-order valence-corrected chi connectivity index (χ1v) is 6.99.